The number of rotatable bonds is 3. The number of carboxylic acids is 1. The third kappa shape index (κ3) is 2.63. The van der Waals surface area contributed by atoms with Crippen molar-refractivity contribution in [1.82, 2.24) is 9.78 Å². The molecule has 1 aliphatic carbocycles. The van der Waals surface area contributed by atoms with Crippen LogP contribution < -0.4 is 0 Å². The molecule has 0 aliphatic heterocycles. The fraction of sp³-hybridized carbons (Fsp3) is 0.286. The monoisotopic (exact) mass is 296 g/mol. The van der Waals surface area contributed by atoms with Crippen LogP contribution in [0.2, 0.25) is 0 Å². The van der Waals surface area contributed by atoms with Gasteiger partial charge >= 0.3 is 12.1 Å². The van der Waals surface area contributed by atoms with Crippen molar-refractivity contribution < 1.29 is 23.1 Å². The molecule has 4 nitrogen and oxygen atoms in total. The van der Waals surface area contributed by atoms with Crippen LogP contribution in [-0.4, -0.2) is 20.9 Å². The van der Waals surface area contributed by atoms with Crippen molar-refractivity contribution in [3.63, 3.8) is 0 Å². The molecule has 0 bridgehead atoms. The average Bonchev–Trinajstić information content (AvgIpc) is 3.16. The molecule has 0 radical (unpaired) electrons. The first-order valence-electron chi connectivity index (χ1n) is 6.37. The highest BCUT2D eigenvalue weighted by atomic mass is 19.4. The summed E-state index contributed by atoms with van der Waals surface area (Å²) in [7, 11) is 0. The number of hydrogen-bond donors (Lipinski definition) is 1. The summed E-state index contributed by atoms with van der Waals surface area (Å²) < 4.78 is 39.1. The molecule has 1 fully saturated rings. The summed E-state index contributed by atoms with van der Waals surface area (Å²) in [6, 6.07) is 6.01. The zero-order chi connectivity index (χ0) is 15.2. The van der Waals surface area contributed by atoms with Gasteiger partial charge in [-0.2, -0.15) is 18.3 Å². The third-order valence-electron chi connectivity index (χ3n) is 3.39. The Hall–Kier alpha value is -2.31. The molecule has 0 spiro atoms. The summed E-state index contributed by atoms with van der Waals surface area (Å²) in [5.74, 6) is -0.921. The number of aromatic nitrogens is 2. The van der Waals surface area contributed by atoms with Gasteiger partial charge in [0.25, 0.3) is 0 Å². The molecule has 0 atom stereocenters. The van der Waals surface area contributed by atoms with E-state index in [0.717, 1.165) is 30.7 Å². The SMILES string of the molecule is O=C(O)c1cc(C2CC2)n(-c2ccc(C(F)(F)F)cc2)n1. The van der Waals surface area contributed by atoms with E-state index < -0.39 is 17.7 Å². The highest BCUT2D eigenvalue weighted by Crippen LogP contribution is 2.41. The number of halogens is 3. The number of carboxylic acid groups (broad SMARTS) is 1. The van der Waals surface area contributed by atoms with Gasteiger partial charge in [-0.3, -0.25) is 0 Å². The Kier molecular flexibility index (Phi) is 3.00. The molecule has 1 saturated carbocycles. The van der Waals surface area contributed by atoms with Crippen molar-refractivity contribution >= 4 is 5.97 Å². The van der Waals surface area contributed by atoms with Gasteiger partial charge in [-0.25, -0.2) is 9.48 Å². The fourth-order valence-corrected chi connectivity index (χ4v) is 2.17. The maximum Gasteiger partial charge on any atom is 0.416 e. The van der Waals surface area contributed by atoms with Crippen LogP contribution >= 0.6 is 0 Å². The lowest BCUT2D eigenvalue weighted by Crippen LogP contribution is -2.07. The molecule has 1 aliphatic rings. The van der Waals surface area contributed by atoms with Gasteiger partial charge in [0.2, 0.25) is 0 Å². The Labute approximate surface area is 117 Å². The zero-order valence-corrected chi connectivity index (χ0v) is 10.8. The zero-order valence-electron chi connectivity index (χ0n) is 10.8. The van der Waals surface area contributed by atoms with E-state index in [1.54, 1.807) is 0 Å². The van der Waals surface area contributed by atoms with Crippen molar-refractivity contribution in [3.05, 3.63) is 47.3 Å². The normalized spacial score (nSPS) is 15.2. The number of hydrogen-bond acceptors (Lipinski definition) is 2. The maximum absolute atomic E-state index is 12.5. The molecule has 7 heteroatoms. The van der Waals surface area contributed by atoms with Gasteiger partial charge in [-0.1, -0.05) is 0 Å². The minimum atomic E-state index is -4.39. The lowest BCUT2D eigenvalue weighted by atomic mass is 10.2. The number of benzene rings is 1. The van der Waals surface area contributed by atoms with Gasteiger partial charge in [-0.05, 0) is 43.2 Å². The van der Waals surface area contributed by atoms with Crippen molar-refractivity contribution in [2.75, 3.05) is 0 Å². The standard InChI is InChI=1S/C14H11F3N2O2/c15-14(16,17)9-3-5-10(6-4-9)19-12(8-1-2-8)7-11(18-19)13(20)21/h3-8H,1-2H2,(H,20,21). The highest BCUT2D eigenvalue weighted by molar-refractivity contribution is 5.85. The number of carbonyl (C=O) groups is 1. The van der Waals surface area contributed by atoms with Crippen LogP contribution in [0.5, 0.6) is 0 Å². The Morgan fingerprint density at radius 1 is 1.24 bits per heavy atom. The second-order valence-corrected chi connectivity index (χ2v) is 4.99. The first kappa shape index (κ1) is 13.7. The Balaban J connectivity index is 2.01. The van der Waals surface area contributed by atoms with E-state index in [9.17, 15) is 18.0 Å². The first-order chi connectivity index (χ1) is 9.86. The van der Waals surface area contributed by atoms with Gasteiger partial charge in [0.1, 0.15) is 0 Å². The minimum Gasteiger partial charge on any atom is -0.476 e. The minimum absolute atomic E-state index is 0.100. The summed E-state index contributed by atoms with van der Waals surface area (Å²) >= 11 is 0. The van der Waals surface area contributed by atoms with Crippen LogP contribution in [-0.2, 0) is 6.18 Å². The molecular weight excluding hydrogens is 285 g/mol. The summed E-state index contributed by atoms with van der Waals surface area (Å²) in [4.78, 5) is 11.0. The van der Waals surface area contributed by atoms with E-state index in [1.165, 1.54) is 22.9 Å². The predicted octanol–water partition coefficient (Wildman–Crippen LogP) is 3.47. The molecule has 1 N–H and O–H groups in total. The molecule has 1 aromatic carbocycles. The number of alkyl halides is 3. The van der Waals surface area contributed by atoms with Crippen molar-refractivity contribution in [2.45, 2.75) is 24.9 Å². The van der Waals surface area contributed by atoms with Crippen molar-refractivity contribution in [2.24, 2.45) is 0 Å². The first-order valence-corrected chi connectivity index (χ1v) is 6.37. The molecule has 0 unspecified atom stereocenters. The predicted molar refractivity (Wildman–Crippen MR) is 67.5 cm³/mol. The van der Waals surface area contributed by atoms with Gasteiger partial charge in [0.05, 0.1) is 11.3 Å². The second kappa shape index (κ2) is 4.61. The van der Waals surface area contributed by atoms with Crippen LogP contribution in [0.1, 0.15) is 40.5 Å². The Morgan fingerprint density at radius 2 is 1.86 bits per heavy atom. The molecule has 0 amide bonds. The molecule has 2 aromatic rings. The number of aromatic carboxylic acids is 1. The van der Waals surface area contributed by atoms with Crippen molar-refractivity contribution in [1.29, 1.82) is 0 Å². The van der Waals surface area contributed by atoms with E-state index in [4.69, 9.17) is 5.11 Å². The molecule has 21 heavy (non-hydrogen) atoms. The lowest BCUT2D eigenvalue weighted by Gasteiger charge is -2.09. The van der Waals surface area contributed by atoms with Crippen LogP contribution in [0.15, 0.2) is 30.3 Å². The maximum atomic E-state index is 12.5. The molecule has 1 aromatic heterocycles. The van der Waals surface area contributed by atoms with E-state index in [0.29, 0.717) is 5.69 Å². The molecule has 110 valence electrons. The van der Waals surface area contributed by atoms with Crippen LogP contribution in [0, 0.1) is 0 Å². The lowest BCUT2D eigenvalue weighted by molar-refractivity contribution is -0.137. The summed E-state index contributed by atoms with van der Waals surface area (Å²) in [5, 5.41) is 13.0. The van der Waals surface area contributed by atoms with Crippen LogP contribution in [0.4, 0.5) is 13.2 Å². The third-order valence-corrected chi connectivity index (χ3v) is 3.39. The largest absolute Gasteiger partial charge is 0.476 e. The second-order valence-electron chi connectivity index (χ2n) is 4.99. The topological polar surface area (TPSA) is 55.1 Å². The molecule has 3 rings (SSSR count). The van der Waals surface area contributed by atoms with Crippen molar-refractivity contribution in [3.8, 4) is 5.69 Å². The van der Waals surface area contributed by atoms with Gasteiger partial charge in [0, 0.05) is 11.6 Å². The molecule has 1 heterocycles. The van der Waals surface area contributed by atoms with E-state index in [-0.39, 0.29) is 11.6 Å². The summed E-state index contributed by atoms with van der Waals surface area (Å²) in [6.07, 6.45) is -2.52. The van der Waals surface area contributed by atoms with Crippen LogP contribution in [0.25, 0.3) is 5.69 Å². The van der Waals surface area contributed by atoms with Gasteiger partial charge in [0.15, 0.2) is 5.69 Å². The summed E-state index contributed by atoms with van der Waals surface area (Å²) in [6.45, 7) is 0. The van der Waals surface area contributed by atoms with Gasteiger partial charge < -0.3 is 5.11 Å². The average molecular weight is 296 g/mol. The van der Waals surface area contributed by atoms with E-state index in [1.807, 2.05) is 0 Å². The van der Waals surface area contributed by atoms with E-state index in [2.05, 4.69) is 5.10 Å². The quantitative estimate of drug-likeness (QED) is 0.943. The van der Waals surface area contributed by atoms with E-state index >= 15 is 0 Å². The summed E-state index contributed by atoms with van der Waals surface area (Å²) in [5.41, 5.74) is 0.311. The van der Waals surface area contributed by atoms with Gasteiger partial charge in [-0.15, -0.1) is 0 Å². The fourth-order valence-electron chi connectivity index (χ4n) is 2.17. The number of nitrogens with zero attached hydrogens (tertiary/aromatic N) is 2. The smallest absolute Gasteiger partial charge is 0.416 e. The Morgan fingerprint density at radius 3 is 2.33 bits per heavy atom. The van der Waals surface area contributed by atoms with Crippen LogP contribution in [0.3, 0.4) is 0 Å². The molecule has 0 saturated heterocycles. The highest BCUT2D eigenvalue weighted by Gasteiger charge is 2.31. The molecular formula is C14H11F3N2O2. The Bertz CT molecular complexity index is 685.